The molecule has 1 aliphatic rings. The maximum absolute atomic E-state index is 12.9. The van der Waals surface area contributed by atoms with Gasteiger partial charge in [0, 0.05) is 23.9 Å². The molecule has 4 N–H and O–H groups in total. The molecule has 35 heavy (non-hydrogen) atoms. The molecule has 1 aliphatic heterocycles. The number of aromatic hydroxyl groups is 1. The Morgan fingerprint density at radius 1 is 0.800 bits per heavy atom. The number of phenolic OH excluding ortho intramolecular Hbond substituents is 1. The Labute approximate surface area is 202 Å². The van der Waals surface area contributed by atoms with E-state index in [4.69, 9.17) is 4.74 Å². The van der Waals surface area contributed by atoms with Gasteiger partial charge in [-0.15, -0.1) is 4.83 Å². The van der Waals surface area contributed by atoms with Crippen molar-refractivity contribution in [3.05, 3.63) is 54.6 Å². The largest absolute Gasteiger partial charge is 0.506 e. The smallest absolute Gasteiger partial charge is 0.294 e. The summed E-state index contributed by atoms with van der Waals surface area (Å²) in [6.07, 6.45) is 0. The lowest BCUT2D eigenvalue weighted by atomic mass is 10.1. The predicted octanol–water partition coefficient (Wildman–Crippen LogP) is 1.12. The maximum Gasteiger partial charge on any atom is 0.294 e. The second-order valence-corrected chi connectivity index (χ2v) is 12.3. The lowest BCUT2D eigenvalue weighted by Gasteiger charge is -2.26. The number of nitrogens with one attached hydrogen (secondary N) is 2. The second-order valence-electron chi connectivity index (χ2n) is 7.56. The molecule has 0 spiro atoms. The minimum Gasteiger partial charge on any atom is -0.506 e. The van der Waals surface area contributed by atoms with Crippen LogP contribution in [0.1, 0.15) is 0 Å². The van der Waals surface area contributed by atoms with E-state index in [1.54, 1.807) is 0 Å². The average molecular weight is 544 g/mol. The van der Waals surface area contributed by atoms with Crippen molar-refractivity contribution < 1.29 is 39.6 Å². The van der Waals surface area contributed by atoms with Crippen molar-refractivity contribution >= 4 is 46.6 Å². The van der Waals surface area contributed by atoms with Gasteiger partial charge in [-0.25, -0.2) is 21.8 Å². The average Bonchev–Trinajstić information content (AvgIpc) is 2.79. The maximum atomic E-state index is 12.9. The molecule has 0 radical (unpaired) electrons. The summed E-state index contributed by atoms with van der Waals surface area (Å²) in [6, 6.07) is 10.9. The van der Waals surface area contributed by atoms with E-state index in [-0.39, 0.29) is 16.5 Å². The lowest BCUT2D eigenvalue weighted by molar-refractivity contribution is 0.0272. The minimum absolute atomic E-state index is 0.0140. The SMILES string of the molecule is O=S(=O)(O)c1cccc(S(=O)(=O)Nc2cccc3c(O)c(S(=O)(=O)NN4CCOCC4)ccc23)c1. The monoisotopic (exact) mass is 543 g/mol. The van der Waals surface area contributed by atoms with Crippen molar-refractivity contribution in [1.29, 1.82) is 0 Å². The molecule has 1 saturated heterocycles. The van der Waals surface area contributed by atoms with Crippen LogP contribution in [-0.4, -0.2) is 66.2 Å². The fraction of sp³-hybridized carbons (Fsp3) is 0.200. The molecule has 1 heterocycles. The highest BCUT2D eigenvalue weighted by atomic mass is 32.2. The summed E-state index contributed by atoms with van der Waals surface area (Å²) in [5, 5.41) is 12.5. The molecule has 0 saturated carbocycles. The molecule has 0 unspecified atom stereocenters. The zero-order valence-electron chi connectivity index (χ0n) is 17.9. The number of rotatable bonds is 7. The normalized spacial score (nSPS) is 15.8. The Bertz CT molecular complexity index is 1600. The summed E-state index contributed by atoms with van der Waals surface area (Å²) in [5.74, 6) is -0.572. The van der Waals surface area contributed by atoms with Gasteiger partial charge >= 0.3 is 0 Å². The van der Waals surface area contributed by atoms with Gasteiger partial charge in [0.25, 0.3) is 30.2 Å². The van der Waals surface area contributed by atoms with Crippen molar-refractivity contribution in [1.82, 2.24) is 9.84 Å². The summed E-state index contributed by atoms with van der Waals surface area (Å²) >= 11 is 0. The van der Waals surface area contributed by atoms with Gasteiger partial charge in [0.1, 0.15) is 10.6 Å². The second kappa shape index (κ2) is 9.34. The van der Waals surface area contributed by atoms with E-state index in [0.717, 1.165) is 30.3 Å². The Balaban J connectivity index is 1.70. The molecule has 188 valence electrons. The van der Waals surface area contributed by atoms with Gasteiger partial charge in [-0.2, -0.15) is 8.42 Å². The van der Waals surface area contributed by atoms with Crippen LogP contribution >= 0.6 is 0 Å². The van der Waals surface area contributed by atoms with Crippen LogP contribution in [0.15, 0.2) is 69.3 Å². The summed E-state index contributed by atoms with van der Waals surface area (Å²) in [4.78, 5) is 0.975. The van der Waals surface area contributed by atoms with E-state index in [9.17, 15) is 34.9 Å². The first-order valence-corrected chi connectivity index (χ1v) is 14.5. The first kappa shape index (κ1) is 25.3. The Hall–Kier alpha value is -2.79. The Morgan fingerprint density at radius 3 is 2.14 bits per heavy atom. The van der Waals surface area contributed by atoms with Crippen molar-refractivity contribution in [2.24, 2.45) is 0 Å². The Kier molecular flexibility index (Phi) is 6.76. The van der Waals surface area contributed by atoms with Gasteiger partial charge in [-0.05, 0) is 30.3 Å². The predicted molar refractivity (Wildman–Crippen MR) is 125 cm³/mol. The van der Waals surface area contributed by atoms with Crippen LogP contribution in [0.25, 0.3) is 10.8 Å². The topological polar surface area (TPSA) is 179 Å². The molecule has 0 bridgehead atoms. The quantitative estimate of drug-likeness (QED) is 0.315. The van der Waals surface area contributed by atoms with Crippen LogP contribution < -0.4 is 9.55 Å². The molecule has 4 rings (SSSR count). The number of sulfonamides is 2. The molecule has 0 amide bonds. The number of hydrogen-bond acceptors (Lipinski definition) is 9. The highest BCUT2D eigenvalue weighted by Crippen LogP contribution is 2.36. The highest BCUT2D eigenvalue weighted by Gasteiger charge is 2.25. The van der Waals surface area contributed by atoms with Gasteiger partial charge in [0.2, 0.25) is 0 Å². The lowest BCUT2D eigenvalue weighted by Crippen LogP contribution is -2.48. The van der Waals surface area contributed by atoms with Gasteiger partial charge in [0.05, 0.1) is 28.7 Å². The zero-order valence-corrected chi connectivity index (χ0v) is 20.4. The number of anilines is 1. The summed E-state index contributed by atoms with van der Waals surface area (Å²) < 4.78 is 90.9. The van der Waals surface area contributed by atoms with Gasteiger partial charge in [0.15, 0.2) is 0 Å². The number of fused-ring (bicyclic) bond motifs is 1. The van der Waals surface area contributed by atoms with E-state index in [2.05, 4.69) is 9.55 Å². The molecule has 15 heteroatoms. The number of benzene rings is 3. The number of morpholine rings is 1. The molecule has 1 fully saturated rings. The number of ether oxygens (including phenoxy) is 1. The van der Waals surface area contributed by atoms with Crippen LogP contribution in [0.4, 0.5) is 5.69 Å². The number of nitrogens with zero attached hydrogens (tertiary/aromatic N) is 1. The van der Waals surface area contributed by atoms with Gasteiger partial charge in [-0.3, -0.25) is 9.27 Å². The third-order valence-corrected chi connectivity index (χ3v) is 8.82. The minimum atomic E-state index is -4.63. The first-order valence-electron chi connectivity index (χ1n) is 10.1. The fourth-order valence-corrected chi connectivity index (χ4v) is 6.47. The Morgan fingerprint density at radius 2 is 1.46 bits per heavy atom. The third-order valence-electron chi connectivity index (χ3n) is 5.20. The first-order chi connectivity index (χ1) is 16.4. The molecular weight excluding hydrogens is 522 g/mol. The molecule has 12 nitrogen and oxygen atoms in total. The van der Waals surface area contributed by atoms with Crippen molar-refractivity contribution in [2.75, 3.05) is 31.0 Å². The highest BCUT2D eigenvalue weighted by molar-refractivity contribution is 7.92. The van der Waals surface area contributed by atoms with E-state index >= 15 is 0 Å². The van der Waals surface area contributed by atoms with E-state index < -0.39 is 50.6 Å². The molecule has 0 atom stereocenters. The van der Waals surface area contributed by atoms with Crippen molar-refractivity contribution in [2.45, 2.75) is 14.7 Å². The molecule has 0 aliphatic carbocycles. The summed E-state index contributed by atoms with van der Waals surface area (Å²) in [6.45, 7) is 1.36. The number of hydrogen-bond donors (Lipinski definition) is 4. The third kappa shape index (κ3) is 5.40. The van der Waals surface area contributed by atoms with Gasteiger partial charge in [-0.1, -0.05) is 24.3 Å². The van der Waals surface area contributed by atoms with Crippen LogP contribution in [-0.2, 0) is 34.9 Å². The molecule has 3 aromatic carbocycles. The fourth-order valence-electron chi connectivity index (χ4n) is 3.51. The summed E-state index contributed by atoms with van der Waals surface area (Å²) in [5.41, 5.74) is 0.0140. The van der Waals surface area contributed by atoms with Crippen molar-refractivity contribution in [3.63, 3.8) is 0 Å². The molecule has 0 aromatic heterocycles. The molecule has 3 aromatic rings. The number of hydrazine groups is 1. The van der Waals surface area contributed by atoms with Gasteiger partial charge < -0.3 is 9.84 Å². The number of phenols is 1. The van der Waals surface area contributed by atoms with Crippen LogP contribution in [0.5, 0.6) is 5.75 Å². The van der Waals surface area contributed by atoms with Crippen LogP contribution in [0, 0.1) is 0 Å². The van der Waals surface area contributed by atoms with Crippen LogP contribution in [0.3, 0.4) is 0 Å². The summed E-state index contributed by atoms with van der Waals surface area (Å²) in [7, 11) is -13.1. The van der Waals surface area contributed by atoms with Crippen molar-refractivity contribution in [3.8, 4) is 5.75 Å². The van der Waals surface area contributed by atoms with E-state index in [1.807, 2.05) is 0 Å². The molecular formula is C20H21N3O9S3. The van der Waals surface area contributed by atoms with Crippen LogP contribution in [0.2, 0.25) is 0 Å². The zero-order chi connectivity index (χ0) is 25.4. The van der Waals surface area contributed by atoms with E-state index in [1.165, 1.54) is 29.3 Å². The standard InChI is InChI=1S/C20H21N3O9S3/c24-20-17-5-2-6-18(21-33(25,26)14-3-1-4-15(13-14)35(29,30)31)16(17)7-8-19(20)34(27,28)22-23-9-11-32-12-10-23/h1-8,13,21-22,24H,9-12H2,(H,29,30,31). The van der Waals surface area contributed by atoms with E-state index in [0.29, 0.717) is 26.3 Å².